The summed E-state index contributed by atoms with van der Waals surface area (Å²) in [5.41, 5.74) is 8.12. The van der Waals surface area contributed by atoms with E-state index in [4.69, 9.17) is 0 Å². The Morgan fingerprint density at radius 1 is 0.906 bits per heavy atom. The summed E-state index contributed by atoms with van der Waals surface area (Å²) < 4.78 is 13.2. The highest BCUT2D eigenvalue weighted by Crippen LogP contribution is 2.30. The molecule has 1 unspecified atom stereocenters. The van der Waals surface area contributed by atoms with Gasteiger partial charge in [-0.2, -0.15) is 0 Å². The Bertz CT molecular complexity index is 1080. The zero-order valence-corrected chi connectivity index (χ0v) is 18.6. The molecular formula is C29H31FN2. The van der Waals surface area contributed by atoms with E-state index < -0.39 is 0 Å². The Kier molecular flexibility index (Phi) is 6.09. The third kappa shape index (κ3) is 4.78. The molecule has 1 heterocycles. The van der Waals surface area contributed by atoms with Crippen molar-refractivity contribution in [1.82, 2.24) is 4.90 Å². The molecule has 1 saturated heterocycles. The number of rotatable bonds is 6. The van der Waals surface area contributed by atoms with Crippen molar-refractivity contribution < 1.29 is 4.39 Å². The summed E-state index contributed by atoms with van der Waals surface area (Å²) in [5.74, 6) is 0.587. The van der Waals surface area contributed by atoms with Crippen LogP contribution >= 0.6 is 0 Å². The fourth-order valence-electron chi connectivity index (χ4n) is 5.15. The van der Waals surface area contributed by atoms with Crippen LogP contribution in [-0.2, 0) is 12.8 Å². The van der Waals surface area contributed by atoms with Gasteiger partial charge in [0.1, 0.15) is 5.82 Å². The van der Waals surface area contributed by atoms with Crippen LogP contribution < -0.4 is 5.32 Å². The number of hydrogen-bond acceptors (Lipinski definition) is 2. The minimum Gasteiger partial charge on any atom is -0.356 e. The molecule has 0 amide bonds. The highest BCUT2D eigenvalue weighted by atomic mass is 19.1. The molecule has 0 saturated carbocycles. The Labute approximate surface area is 190 Å². The summed E-state index contributed by atoms with van der Waals surface area (Å²) in [5, 5.41) is 3.49. The van der Waals surface area contributed by atoms with E-state index in [9.17, 15) is 4.39 Å². The monoisotopic (exact) mass is 426 g/mol. The van der Waals surface area contributed by atoms with Crippen LogP contribution in [0.5, 0.6) is 0 Å². The van der Waals surface area contributed by atoms with Crippen LogP contribution in [0, 0.1) is 11.7 Å². The van der Waals surface area contributed by atoms with Gasteiger partial charge in [0.25, 0.3) is 0 Å². The largest absolute Gasteiger partial charge is 0.356 e. The fraction of sp³-hybridized carbons (Fsp3) is 0.310. The molecule has 1 aliphatic heterocycles. The summed E-state index contributed by atoms with van der Waals surface area (Å²) in [4.78, 5) is 2.65. The molecule has 0 spiro atoms. The molecule has 0 radical (unpaired) electrons. The van der Waals surface area contributed by atoms with Crippen molar-refractivity contribution >= 4 is 11.4 Å². The number of nitrogens with zero attached hydrogens (tertiary/aromatic N) is 1. The number of aryl methyl sites for hydroxylation is 1. The highest BCUT2D eigenvalue weighted by molar-refractivity contribution is 5.77. The molecule has 0 bridgehead atoms. The Hall–Kier alpha value is -2.91. The Balaban J connectivity index is 1.22. The van der Waals surface area contributed by atoms with Crippen molar-refractivity contribution in [3.8, 4) is 11.1 Å². The van der Waals surface area contributed by atoms with Gasteiger partial charge in [-0.3, -0.25) is 0 Å². The van der Waals surface area contributed by atoms with Crippen LogP contribution in [0.4, 0.5) is 10.1 Å². The lowest BCUT2D eigenvalue weighted by Gasteiger charge is -2.28. The molecule has 2 aliphatic rings. The van der Waals surface area contributed by atoms with Crippen LogP contribution in [0.15, 0.2) is 73.3 Å². The number of halogens is 1. The van der Waals surface area contributed by atoms with Gasteiger partial charge in [0, 0.05) is 17.9 Å². The number of benzene rings is 3. The predicted octanol–water partition coefficient (Wildman–Crippen LogP) is 6.78. The number of likely N-dealkylation sites (tertiary alicyclic amines) is 1. The number of fused-ring (bicyclic) bond motifs is 1. The molecular weight excluding hydrogens is 395 g/mol. The summed E-state index contributed by atoms with van der Waals surface area (Å²) in [6.07, 6.45) is 6.41. The second-order valence-electron chi connectivity index (χ2n) is 9.29. The van der Waals surface area contributed by atoms with Crippen LogP contribution in [0.2, 0.25) is 0 Å². The smallest absolute Gasteiger partial charge is 0.123 e. The van der Waals surface area contributed by atoms with Crippen LogP contribution in [-0.4, -0.2) is 24.5 Å². The van der Waals surface area contributed by atoms with Crippen molar-refractivity contribution in [3.05, 3.63) is 95.8 Å². The molecule has 3 aromatic rings. The normalized spacial score (nSPS) is 18.3. The lowest BCUT2D eigenvalue weighted by atomic mass is 9.83. The van der Waals surface area contributed by atoms with Crippen molar-refractivity contribution in [2.24, 2.45) is 5.92 Å². The van der Waals surface area contributed by atoms with E-state index in [2.05, 4.69) is 59.3 Å². The fourth-order valence-corrected chi connectivity index (χ4v) is 5.15. The Morgan fingerprint density at radius 3 is 2.31 bits per heavy atom. The second-order valence-corrected chi connectivity index (χ2v) is 9.29. The summed E-state index contributed by atoms with van der Waals surface area (Å²) in [6, 6.07) is 21.6. The van der Waals surface area contributed by atoms with E-state index in [1.54, 1.807) is 12.1 Å². The number of nitrogens with one attached hydrogen (secondary N) is 1. The first-order chi connectivity index (χ1) is 15.6. The van der Waals surface area contributed by atoms with E-state index in [1.807, 2.05) is 0 Å². The van der Waals surface area contributed by atoms with E-state index in [-0.39, 0.29) is 5.82 Å². The van der Waals surface area contributed by atoms with Gasteiger partial charge in [-0.15, -0.1) is 0 Å². The standard InChI is InChI=1S/C29H31FN2/c1-21(23-6-8-24(9-7-23)25-10-13-28(30)14-11-25)31-29-15-12-26-18-22(4-5-27(26)19-29)20-32-16-2-3-17-32/h6-15,19,22,31H,1-5,16-18,20H2. The topological polar surface area (TPSA) is 15.3 Å². The maximum absolute atomic E-state index is 13.2. The van der Waals surface area contributed by atoms with Crippen LogP contribution in [0.25, 0.3) is 16.8 Å². The van der Waals surface area contributed by atoms with Gasteiger partial charge in [0.05, 0.1) is 0 Å². The number of hydrogen-bond donors (Lipinski definition) is 1. The third-order valence-corrected chi connectivity index (χ3v) is 6.96. The average Bonchev–Trinajstić information content (AvgIpc) is 3.33. The summed E-state index contributed by atoms with van der Waals surface area (Å²) in [7, 11) is 0. The molecule has 1 N–H and O–H groups in total. The molecule has 1 fully saturated rings. The van der Waals surface area contributed by atoms with Gasteiger partial charge in [0.2, 0.25) is 0 Å². The lowest BCUT2D eigenvalue weighted by Crippen LogP contribution is -2.30. The van der Waals surface area contributed by atoms with E-state index in [1.165, 1.54) is 75.0 Å². The van der Waals surface area contributed by atoms with Gasteiger partial charge in [0.15, 0.2) is 0 Å². The first-order valence-corrected chi connectivity index (χ1v) is 11.8. The maximum atomic E-state index is 13.2. The molecule has 3 aromatic carbocycles. The van der Waals surface area contributed by atoms with Crippen molar-refractivity contribution in [3.63, 3.8) is 0 Å². The van der Waals surface area contributed by atoms with Gasteiger partial charge in [-0.1, -0.05) is 49.0 Å². The molecule has 1 atom stereocenters. The third-order valence-electron chi connectivity index (χ3n) is 6.96. The zero-order valence-electron chi connectivity index (χ0n) is 18.6. The molecule has 3 heteroatoms. The van der Waals surface area contributed by atoms with Gasteiger partial charge < -0.3 is 10.2 Å². The molecule has 164 valence electrons. The molecule has 2 nitrogen and oxygen atoms in total. The SMILES string of the molecule is C=C(Nc1ccc2c(c1)CCC(CN1CCCC1)C2)c1ccc(-c2ccc(F)cc2)cc1. The second kappa shape index (κ2) is 9.30. The van der Waals surface area contributed by atoms with Crippen LogP contribution in [0.1, 0.15) is 36.0 Å². The number of anilines is 1. The van der Waals surface area contributed by atoms with Crippen LogP contribution in [0.3, 0.4) is 0 Å². The zero-order chi connectivity index (χ0) is 21.9. The van der Waals surface area contributed by atoms with Gasteiger partial charge in [-0.05, 0) is 103 Å². The molecule has 5 rings (SSSR count). The van der Waals surface area contributed by atoms with Crippen molar-refractivity contribution in [1.29, 1.82) is 0 Å². The first-order valence-electron chi connectivity index (χ1n) is 11.8. The molecule has 32 heavy (non-hydrogen) atoms. The average molecular weight is 427 g/mol. The van der Waals surface area contributed by atoms with E-state index in [0.29, 0.717) is 0 Å². The van der Waals surface area contributed by atoms with Gasteiger partial charge in [-0.25, -0.2) is 4.39 Å². The Morgan fingerprint density at radius 2 is 1.59 bits per heavy atom. The summed E-state index contributed by atoms with van der Waals surface area (Å²) in [6.45, 7) is 8.10. The van der Waals surface area contributed by atoms with Crippen molar-refractivity contribution in [2.45, 2.75) is 32.1 Å². The quantitative estimate of drug-likeness (QED) is 0.467. The molecule has 0 aromatic heterocycles. The molecule has 1 aliphatic carbocycles. The minimum absolute atomic E-state index is 0.213. The highest BCUT2D eigenvalue weighted by Gasteiger charge is 2.22. The van der Waals surface area contributed by atoms with E-state index in [0.717, 1.165) is 34.0 Å². The van der Waals surface area contributed by atoms with Gasteiger partial charge >= 0.3 is 0 Å². The lowest BCUT2D eigenvalue weighted by molar-refractivity contribution is 0.262. The maximum Gasteiger partial charge on any atom is 0.123 e. The minimum atomic E-state index is -0.213. The van der Waals surface area contributed by atoms with Crippen molar-refractivity contribution in [2.75, 3.05) is 25.0 Å². The predicted molar refractivity (Wildman–Crippen MR) is 132 cm³/mol. The van der Waals surface area contributed by atoms with E-state index >= 15 is 0 Å². The first kappa shape index (κ1) is 21.0. The summed E-state index contributed by atoms with van der Waals surface area (Å²) >= 11 is 0.